The van der Waals surface area contributed by atoms with Gasteiger partial charge in [0, 0.05) is 12.6 Å². The molecule has 1 rings (SSSR count). The molecule has 1 unspecified atom stereocenters. The molecule has 0 amide bonds. The lowest BCUT2D eigenvalue weighted by molar-refractivity contribution is -0.108. The van der Waals surface area contributed by atoms with Crippen LogP contribution >= 0.6 is 34.8 Å². The highest BCUT2D eigenvalue weighted by atomic mass is 35.6. The van der Waals surface area contributed by atoms with Gasteiger partial charge >= 0.3 is 0 Å². The van der Waals surface area contributed by atoms with E-state index in [4.69, 9.17) is 34.8 Å². The number of hydrogen-bond donors (Lipinski definition) is 1. The Labute approximate surface area is 102 Å². The van der Waals surface area contributed by atoms with E-state index in [-0.39, 0.29) is 17.9 Å². The van der Waals surface area contributed by atoms with Gasteiger partial charge in [-0.2, -0.15) is 0 Å². The van der Waals surface area contributed by atoms with E-state index in [0.29, 0.717) is 6.29 Å². The topological polar surface area (TPSA) is 50.2 Å². The Kier molecular flexibility index (Phi) is 4.20. The molecule has 0 fully saturated rings. The predicted octanol–water partition coefficient (Wildman–Crippen LogP) is 2.83. The lowest BCUT2D eigenvalue weighted by atomic mass is 10.0. The largest absolute Gasteiger partial charge is 0.506 e. The van der Waals surface area contributed by atoms with Crippen LogP contribution in [0, 0.1) is 0 Å². The van der Waals surface area contributed by atoms with E-state index >= 15 is 0 Å². The van der Waals surface area contributed by atoms with Crippen LogP contribution in [0.3, 0.4) is 0 Å². The van der Waals surface area contributed by atoms with Gasteiger partial charge in [0.1, 0.15) is 12.0 Å². The molecule has 0 bridgehead atoms. The van der Waals surface area contributed by atoms with E-state index in [9.17, 15) is 9.90 Å². The Bertz CT molecular complexity index is 351. The number of nitrogens with zero attached hydrogens (tertiary/aromatic N) is 1. The quantitative estimate of drug-likeness (QED) is 0.677. The highest BCUT2D eigenvalue weighted by Gasteiger charge is 2.36. The van der Waals surface area contributed by atoms with Crippen molar-refractivity contribution in [1.29, 1.82) is 0 Å². The molecule has 0 aliphatic heterocycles. The van der Waals surface area contributed by atoms with Crippen molar-refractivity contribution in [2.45, 2.75) is 16.1 Å². The Hall–Kier alpha value is -0.510. The average Bonchev–Trinajstić information content (AvgIpc) is 2.14. The zero-order valence-corrected chi connectivity index (χ0v) is 9.80. The maximum atomic E-state index is 10.5. The first-order chi connectivity index (χ1) is 6.96. The lowest BCUT2D eigenvalue weighted by Crippen LogP contribution is -2.19. The smallest absolute Gasteiger partial charge is 0.199 e. The van der Waals surface area contributed by atoms with Crippen LogP contribution in [0.15, 0.2) is 18.3 Å². The lowest BCUT2D eigenvalue weighted by Gasteiger charge is -2.22. The van der Waals surface area contributed by atoms with Gasteiger partial charge in [0.2, 0.25) is 0 Å². The fraction of sp³-hybridized carbons (Fsp3) is 0.333. The number of alkyl halides is 3. The van der Waals surface area contributed by atoms with Gasteiger partial charge in [-0.1, -0.05) is 34.8 Å². The number of rotatable bonds is 3. The summed E-state index contributed by atoms with van der Waals surface area (Å²) in [5.74, 6) is -0.836. The molecule has 0 saturated heterocycles. The molecule has 1 atom stereocenters. The zero-order valence-electron chi connectivity index (χ0n) is 7.53. The third-order valence-electron chi connectivity index (χ3n) is 1.87. The van der Waals surface area contributed by atoms with Crippen molar-refractivity contribution in [1.82, 2.24) is 4.98 Å². The fourth-order valence-electron chi connectivity index (χ4n) is 1.17. The van der Waals surface area contributed by atoms with Crippen LogP contribution in [0.4, 0.5) is 0 Å². The first-order valence-electron chi connectivity index (χ1n) is 4.11. The van der Waals surface area contributed by atoms with E-state index in [1.807, 2.05) is 0 Å². The molecule has 1 aromatic rings. The Morgan fingerprint density at radius 2 is 2.20 bits per heavy atom. The molecule has 0 aromatic carbocycles. The van der Waals surface area contributed by atoms with Gasteiger partial charge in [0.25, 0.3) is 0 Å². The first kappa shape index (κ1) is 12.6. The summed E-state index contributed by atoms with van der Waals surface area (Å²) in [6, 6.07) is 2.98. The SMILES string of the molecule is O=CCC(c1ncccc1O)C(Cl)(Cl)Cl. The molecule has 0 radical (unpaired) electrons. The standard InChI is InChI=1S/C9H8Cl3NO2/c10-9(11,12)6(3-5-14)8-7(15)2-1-4-13-8/h1-2,4-6,15H,3H2. The minimum absolute atomic E-state index is 0.0128. The number of hydrogen-bond acceptors (Lipinski definition) is 3. The summed E-state index contributed by atoms with van der Waals surface area (Å²) in [5, 5.41) is 9.52. The minimum Gasteiger partial charge on any atom is -0.506 e. The highest BCUT2D eigenvalue weighted by Crippen LogP contribution is 2.44. The summed E-state index contributed by atoms with van der Waals surface area (Å²) in [5.41, 5.74) is 0.213. The van der Waals surface area contributed by atoms with E-state index in [0.717, 1.165) is 0 Å². The van der Waals surface area contributed by atoms with Gasteiger partial charge in [0.05, 0.1) is 11.6 Å². The van der Waals surface area contributed by atoms with Crippen LogP contribution < -0.4 is 0 Å². The van der Waals surface area contributed by atoms with Crippen LogP contribution in [0.25, 0.3) is 0 Å². The van der Waals surface area contributed by atoms with Crippen molar-refractivity contribution in [2.24, 2.45) is 0 Å². The third-order valence-corrected chi connectivity index (χ3v) is 2.66. The third kappa shape index (κ3) is 3.23. The van der Waals surface area contributed by atoms with E-state index in [1.165, 1.54) is 12.3 Å². The Balaban J connectivity index is 3.10. The maximum absolute atomic E-state index is 10.5. The summed E-state index contributed by atoms with van der Waals surface area (Å²) < 4.78 is -1.67. The molecule has 0 aliphatic rings. The van der Waals surface area contributed by atoms with Gasteiger partial charge < -0.3 is 9.90 Å². The second kappa shape index (κ2) is 5.01. The molecular weight excluding hydrogens is 260 g/mol. The van der Waals surface area contributed by atoms with Crippen molar-refractivity contribution in [3.63, 3.8) is 0 Å². The van der Waals surface area contributed by atoms with Gasteiger partial charge in [-0.15, -0.1) is 0 Å². The monoisotopic (exact) mass is 267 g/mol. The molecule has 0 saturated carbocycles. The summed E-state index contributed by atoms with van der Waals surface area (Å²) in [7, 11) is 0. The average molecular weight is 269 g/mol. The molecule has 0 spiro atoms. The Morgan fingerprint density at radius 3 is 2.67 bits per heavy atom. The van der Waals surface area contributed by atoms with Gasteiger partial charge in [-0.25, -0.2) is 0 Å². The second-order valence-electron chi connectivity index (χ2n) is 2.90. The molecule has 3 nitrogen and oxygen atoms in total. The zero-order chi connectivity index (χ0) is 11.5. The van der Waals surface area contributed by atoms with Crippen LogP contribution in [0.1, 0.15) is 18.0 Å². The molecule has 0 aliphatic carbocycles. The number of pyridine rings is 1. The molecule has 82 valence electrons. The number of aromatic hydroxyl groups is 1. The number of aldehydes is 1. The van der Waals surface area contributed by atoms with Crippen molar-refractivity contribution in [3.8, 4) is 5.75 Å². The summed E-state index contributed by atoms with van der Waals surface area (Å²) in [6.45, 7) is 0. The predicted molar refractivity (Wildman–Crippen MR) is 59.6 cm³/mol. The van der Waals surface area contributed by atoms with E-state index < -0.39 is 9.71 Å². The highest BCUT2D eigenvalue weighted by molar-refractivity contribution is 6.68. The number of aromatic nitrogens is 1. The molecular formula is C9H8Cl3NO2. The molecule has 1 N–H and O–H groups in total. The fourth-order valence-corrected chi connectivity index (χ4v) is 1.75. The van der Waals surface area contributed by atoms with Gasteiger partial charge in [0.15, 0.2) is 3.79 Å². The van der Waals surface area contributed by atoms with E-state index in [1.54, 1.807) is 6.07 Å². The molecule has 1 heterocycles. The molecule has 15 heavy (non-hydrogen) atoms. The number of halogens is 3. The Morgan fingerprint density at radius 1 is 1.53 bits per heavy atom. The normalized spacial score (nSPS) is 13.5. The van der Waals surface area contributed by atoms with Gasteiger partial charge in [-0.3, -0.25) is 4.98 Å². The van der Waals surface area contributed by atoms with Crippen molar-refractivity contribution in [2.75, 3.05) is 0 Å². The molecule has 6 heteroatoms. The van der Waals surface area contributed by atoms with Crippen LogP contribution in [0.5, 0.6) is 5.75 Å². The summed E-state index contributed by atoms with van der Waals surface area (Å²) in [4.78, 5) is 14.4. The summed E-state index contributed by atoms with van der Waals surface area (Å²) in [6.07, 6.45) is 2.07. The van der Waals surface area contributed by atoms with Crippen LogP contribution in [-0.4, -0.2) is 20.2 Å². The minimum atomic E-state index is -1.67. The van der Waals surface area contributed by atoms with E-state index in [2.05, 4.69) is 4.98 Å². The van der Waals surface area contributed by atoms with Crippen LogP contribution in [-0.2, 0) is 4.79 Å². The van der Waals surface area contributed by atoms with Crippen molar-refractivity contribution < 1.29 is 9.90 Å². The summed E-state index contributed by atoms with van der Waals surface area (Å²) >= 11 is 17.1. The number of carbonyl (C=O) groups excluding carboxylic acids is 1. The first-order valence-corrected chi connectivity index (χ1v) is 5.24. The second-order valence-corrected chi connectivity index (χ2v) is 5.27. The van der Waals surface area contributed by atoms with Crippen molar-refractivity contribution >= 4 is 41.1 Å². The van der Waals surface area contributed by atoms with Crippen LogP contribution in [0.2, 0.25) is 0 Å². The molecule has 1 aromatic heterocycles. The van der Waals surface area contributed by atoms with Crippen molar-refractivity contribution in [3.05, 3.63) is 24.0 Å². The number of carbonyl (C=O) groups is 1. The maximum Gasteiger partial charge on any atom is 0.199 e. The van der Waals surface area contributed by atoms with Gasteiger partial charge in [-0.05, 0) is 12.1 Å².